The molecule has 0 amide bonds. The Bertz CT molecular complexity index is 527. The molecule has 3 heteroatoms. The lowest BCUT2D eigenvalue weighted by Crippen LogP contribution is -1.92. The van der Waals surface area contributed by atoms with E-state index in [-0.39, 0.29) is 0 Å². The van der Waals surface area contributed by atoms with Gasteiger partial charge in [-0.25, -0.2) is 0 Å². The number of rotatable bonds is 4. The van der Waals surface area contributed by atoms with E-state index in [0.29, 0.717) is 0 Å². The molecule has 0 fully saturated rings. The van der Waals surface area contributed by atoms with Gasteiger partial charge in [0, 0.05) is 0 Å². The van der Waals surface area contributed by atoms with Gasteiger partial charge in [0.15, 0.2) is 0 Å². The van der Waals surface area contributed by atoms with Gasteiger partial charge in [0.2, 0.25) is 0 Å². The van der Waals surface area contributed by atoms with Crippen LogP contribution in [0.4, 0.5) is 0 Å². The van der Waals surface area contributed by atoms with E-state index in [2.05, 4.69) is 57.8 Å². The van der Waals surface area contributed by atoms with Crippen molar-refractivity contribution < 1.29 is 4.74 Å². The molecule has 0 saturated heterocycles. The van der Waals surface area contributed by atoms with Gasteiger partial charge in [-0.3, -0.25) is 0 Å². The monoisotopic (exact) mass is 382 g/mol. The lowest BCUT2D eigenvalue weighted by molar-refractivity contribution is 0.475. The van der Waals surface area contributed by atoms with Crippen molar-refractivity contribution in [2.45, 2.75) is 26.7 Å². The van der Waals surface area contributed by atoms with Crippen molar-refractivity contribution in [2.75, 3.05) is 0 Å². The summed E-state index contributed by atoms with van der Waals surface area (Å²) in [6, 6.07) is 12.2. The summed E-state index contributed by atoms with van der Waals surface area (Å²) in [6.45, 7) is 4.27. The molecule has 0 radical (unpaired) electrons. The highest BCUT2D eigenvalue weighted by Crippen LogP contribution is 2.37. The Labute approximate surface area is 131 Å². The van der Waals surface area contributed by atoms with Crippen LogP contribution in [0.3, 0.4) is 0 Å². The summed E-state index contributed by atoms with van der Waals surface area (Å²) in [5.74, 6) is 1.71. The summed E-state index contributed by atoms with van der Waals surface area (Å²) in [7, 11) is 0. The molecule has 0 unspecified atom stereocenters. The molecule has 0 aliphatic heterocycles. The zero-order valence-corrected chi connectivity index (χ0v) is 14.2. The van der Waals surface area contributed by atoms with Crippen LogP contribution in [0.15, 0.2) is 45.3 Å². The van der Waals surface area contributed by atoms with Crippen LogP contribution in [0.1, 0.15) is 25.0 Å². The minimum Gasteiger partial charge on any atom is -0.455 e. The fourth-order valence-corrected chi connectivity index (χ4v) is 3.19. The van der Waals surface area contributed by atoms with Crippen molar-refractivity contribution in [3.63, 3.8) is 0 Å². The normalized spacial score (nSPS) is 10.5. The third-order valence-electron chi connectivity index (χ3n) is 3.07. The molecule has 0 saturated carbocycles. The van der Waals surface area contributed by atoms with Crippen molar-refractivity contribution in [1.82, 2.24) is 0 Å². The third kappa shape index (κ3) is 3.21. The van der Waals surface area contributed by atoms with E-state index in [1.807, 2.05) is 24.3 Å². The number of benzene rings is 2. The summed E-state index contributed by atoms with van der Waals surface area (Å²) in [4.78, 5) is 0. The predicted octanol–water partition coefficient (Wildman–Crippen LogP) is 6.13. The Kier molecular flexibility index (Phi) is 5.06. The van der Waals surface area contributed by atoms with E-state index in [0.717, 1.165) is 33.3 Å². The molecule has 0 aliphatic rings. The van der Waals surface area contributed by atoms with E-state index in [1.165, 1.54) is 11.1 Å². The van der Waals surface area contributed by atoms with Crippen molar-refractivity contribution in [3.8, 4) is 11.5 Å². The lowest BCUT2D eigenvalue weighted by Gasteiger charge is -2.13. The molecule has 19 heavy (non-hydrogen) atoms. The van der Waals surface area contributed by atoms with Crippen LogP contribution in [0.2, 0.25) is 0 Å². The van der Waals surface area contributed by atoms with E-state index < -0.39 is 0 Å². The Hall–Kier alpha value is -0.800. The summed E-state index contributed by atoms with van der Waals surface area (Å²) >= 11 is 7.24. The van der Waals surface area contributed by atoms with Crippen molar-refractivity contribution in [2.24, 2.45) is 0 Å². The molecule has 0 heterocycles. The maximum absolute atomic E-state index is 6.03. The second kappa shape index (κ2) is 6.58. The standard InChI is InChI=1S/C16H16Br2O/c1-3-11-7-5-9-13(15(11)17)19-14-10-6-8-12(4-2)16(14)18/h5-10H,3-4H2,1-2H3. The SMILES string of the molecule is CCc1cccc(Oc2cccc(CC)c2Br)c1Br. The second-order valence-electron chi connectivity index (χ2n) is 4.27. The average Bonchev–Trinajstić information content (AvgIpc) is 2.43. The van der Waals surface area contributed by atoms with Gasteiger partial charge in [-0.15, -0.1) is 0 Å². The topological polar surface area (TPSA) is 9.23 Å². The number of hydrogen-bond acceptors (Lipinski definition) is 1. The zero-order chi connectivity index (χ0) is 13.8. The van der Waals surface area contributed by atoms with Gasteiger partial charge >= 0.3 is 0 Å². The van der Waals surface area contributed by atoms with Crippen molar-refractivity contribution >= 4 is 31.9 Å². The molecular formula is C16H16Br2O. The van der Waals surface area contributed by atoms with Gasteiger partial charge in [0.25, 0.3) is 0 Å². The van der Waals surface area contributed by atoms with E-state index in [1.54, 1.807) is 0 Å². The first kappa shape index (κ1) is 14.6. The van der Waals surface area contributed by atoms with Gasteiger partial charge in [0.1, 0.15) is 11.5 Å². The summed E-state index contributed by atoms with van der Waals surface area (Å²) in [5.41, 5.74) is 2.50. The van der Waals surface area contributed by atoms with Crippen LogP contribution in [0, 0.1) is 0 Å². The molecule has 0 spiro atoms. The first-order valence-electron chi connectivity index (χ1n) is 6.40. The Morgan fingerprint density at radius 1 is 0.789 bits per heavy atom. The Morgan fingerprint density at radius 3 is 1.58 bits per heavy atom. The molecule has 2 aromatic carbocycles. The summed E-state index contributed by atoms with van der Waals surface area (Å²) in [6.07, 6.45) is 1.96. The van der Waals surface area contributed by atoms with Crippen LogP contribution in [-0.4, -0.2) is 0 Å². The molecule has 2 rings (SSSR count). The van der Waals surface area contributed by atoms with E-state index >= 15 is 0 Å². The molecule has 2 aromatic rings. The lowest BCUT2D eigenvalue weighted by atomic mass is 10.1. The zero-order valence-electron chi connectivity index (χ0n) is 11.0. The van der Waals surface area contributed by atoms with Crippen LogP contribution < -0.4 is 4.74 Å². The molecule has 0 aromatic heterocycles. The Balaban J connectivity index is 2.36. The van der Waals surface area contributed by atoms with Crippen LogP contribution in [0.25, 0.3) is 0 Å². The summed E-state index contributed by atoms with van der Waals surface area (Å²) < 4.78 is 8.10. The maximum atomic E-state index is 6.03. The van der Waals surface area contributed by atoms with Gasteiger partial charge < -0.3 is 4.74 Å². The van der Waals surface area contributed by atoms with Crippen LogP contribution in [-0.2, 0) is 12.8 Å². The molecule has 1 nitrogen and oxygen atoms in total. The number of halogens is 2. The van der Waals surface area contributed by atoms with Crippen LogP contribution in [0.5, 0.6) is 11.5 Å². The van der Waals surface area contributed by atoms with Gasteiger partial charge in [-0.2, -0.15) is 0 Å². The molecule has 0 bridgehead atoms. The fraction of sp³-hybridized carbons (Fsp3) is 0.250. The van der Waals surface area contributed by atoms with Gasteiger partial charge in [-0.05, 0) is 68.0 Å². The predicted molar refractivity (Wildman–Crippen MR) is 87.1 cm³/mol. The number of ether oxygens (including phenoxy) is 1. The minimum absolute atomic E-state index is 0.855. The molecule has 0 aliphatic carbocycles. The quantitative estimate of drug-likeness (QED) is 0.617. The van der Waals surface area contributed by atoms with Crippen molar-refractivity contribution in [3.05, 3.63) is 56.5 Å². The third-order valence-corrected chi connectivity index (χ3v) is 4.87. The smallest absolute Gasteiger partial charge is 0.141 e. The number of aryl methyl sites for hydroxylation is 2. The first-order valence-corrected chi connectivity index (χ1v) is 7.98. The summed E-state index contributed by atoms with van der Waals surface area (Å²) in [5, 5.41) is 0. The fourth-order valence-electron chi connectivity index (χ4n) is 1.93. The molecule has 0 atom stereocenters. The minimum atomic E-state index is 0.855. The van der Waals surface area contributed by atoms with Crippen molar-refractivity contribution in [1.29, 1.82) is 0 Å². The van der Waals surface area contributed by atoms with Crippen LogP contribution >= 0.6 is 31.9 Å². The number of hydrogen-bond donors (Lipinski definition) is 0. The van der Waals surface area contributed by atoms with E-state index in [9.17, 15) is 0 Å². The average molecular weight is 384 g/mol. The molecule has 0 N–H and O–H groups in total. The maximum Gasteiger partial charge on any atom is 0.141 e. The second-order valence-corrected chi connectivity index (χ2v) is 5.85. The van der Waals surface area contributed by atoms with Gasteiger partial charge in [0.05, 0.1) is 8.95 Å². The highest BCUT2D eigenvalue weighted by atomic mass is 79.9. The van der Waals surface area contributed by atoms with E-state index in [4.69, 9.17) is 4.74 Å². The molecule has 100 valence electrons. The highest BCUT2D eigenvalue weighted by Gasteiger charge is 2.10. The van der Waals surface area contributed by atoms with Gasteiger partial charge in [-0.1, -0.05) is 38.1 Å². The Morgan fingerprint density at radius 2 is 1.21 bits per heavy atom. The molecular weight excluding hydrogens is 368 g/mol. The highest BCUT2D eigenvalue weighted by molar-refractivity contribution is 9.11. The first-order chi connectivity index (χ1) is 9.17. The largest absolute Gasteiger partial charge is 0.455 e.